The number of pyridine rings is 1. The van der Waals surface area contributed by atoms with E-state index in [1.807, 2.05) is 6.92 Å². The number of aryl methyl sites for hydroxylation is 1. The Kier molecular flexibility index (Phi) is 8.00. The molecule has 2 atom stereocenters. The number of piperidine rings is 1. The van der Waals surface area contributed by atoms with Crippen molar-refractivity contribution in [1.82, 2.24) is 24.3 Å². The van der Waals surface area contributed by atoms with E-state index in [9.17, 15) is 27.1 Å². The van der Waals surface area contributed by atoms with Gasteiger partial charge in [-0.1, -0.05) is 29.5 Å². The zero-order valence-electron chi connectivity index (χ0n) is 25.5. The summed E-state index contributed by atoms with van der Waals surface area (Å²) in [6.07, 6.45) is 3.21. The highest BCUT2D eigenvalue weighted by molar-refractivity contribution is 7.89. The van der Waals surface area contributed by atoms with Gasteiger partial charge in [0.1, 0.15) is 16.2 Å². The summed E-state index contributed by atoms with van der Waals surface area (Å²) in [6, 6.07) is 11.8. The van der Waals surface area contributed by atoms with Crippen LogP contribution in [0, 0.1) is 12.8 Å². The maximum atomic E-state index is 14.8. The third kappa shape index (κ3) is 5.63. The number of carboxylic acid groups (broad SMARTS) is 1. The van der Waals surface area contributed by atoms with Gasteiger partial charge in [-0.05, 0) is 85.4 Å². The van der Waals surface area contributed by atoms with Gasteiger partial charge < -0.3 is 10.0 Å². The van der Waals surface area contributed by atoms with E-state index in [-0.39, 0.29) is 40.7 Å². The molecule has 4 heterocycles. The molecule has 0 radical (unpaired) electrons. The molecular weight excluding hydrogens is 614 g/mol. The number of sulfonamides is 1. The number of nitrogens with zero attached hydrogens (tertiary/aromatic N) is 6. The average Bonchev–Trinajstić information content (AvgIpc) is 3.78. The molecule has 2 aromatic heterocycles. The number of aliphatic carboxylic acids is 1. The van der Waals surface area contributed by atoms with Crippen molar-refractivity contribution in [2.75, 3.05) is 18.0 Å². The first kappa shape index (κ1) is 30.7. The summed E-state index contributed by atoms with van der Waals surface area (Å²) in [5.74, 6) is -1.12. The predicted molar refractivity (Wildman–Crippen MR) is 167 cm³/mol. The monoisotopic (exact) mass is 650 g/mol. The lowest BCUT2D eigenvalue weighted by atomic mass is 9.84. The Morgan fingerprint density at radius 2 is 1.93 bits per heavy atom. The quantitative estimate of drug-likeness (QED) is 0.247. The van der Waals surface area contributed by atoms with Crippen molar-refractivity contribution in [1.29, 1.82) is 0 Å². The zero-order chi connectivity index (χ0) is 32.2. The van der Waals surface area contributed by atoms with E-state index >= 15 is 0 Å². The highest BCUT2D eigenvalue weighted by Gasteiger charge is 2.39. The lowest BCUT2D eigenvalue weighted by Gasteiger charge is -2.36. The summed E-state index contributed by atoms with van der Waals surface area (Å²) in [6.45, 7) is 3.54. The second kappa shape index (κ2) is 12.0. The summed E-state index contributed by atoms with van der Waals surface area (Å²) in [7, 11) is -3.92. The van der Waals surface area contributed by atoms with Gasteiger partial charge in [0.2, 0.25) is 10.0 Å². The van der Waals surface area contributed by atoms with Crippen LogP contribution in [0.25, 0.3) is 11.0 Å². The number of alkyl halides is 2. The first-order chi connectivity index (χ1) is 22.1. The second-order valence-electron chi connectivity index (χ2n) is 12.8. The number of hydrogen-bond donors (Lipinski definition) is 1. The van der Waals surface area contributed by atoms with E-state index in [1.165, 1.54) is 4.31 Å². The van der Waals surface area contributed by atoms with Gasteiger partial charge in [-0.15, -0.1) is 5.10 Å². The number of hydrogen-bond acceptors (Lipinski definition) is 7. The van der Waals surface area contributed by atoms with Gasteiger partial charge in [-0.25, -0.2) is 26.9 Å². The van der Waals surface area contributed by atoms with Crippen molar-refractivity contribution in [2.45, 2.75) is 81.8 Å². The minimum Gasteiger partial charge on any atom is -0.481 e. The van der Waals surface area contributed by atoms with E-state index in [0.717, 1.165) is 44.2 Å². The molecule has 1 saturated heterocycles. The summed E-state index contributed by atoms with van der Waals surface area (Å²) in [5.41, 5.74) is 2.46. The molecule has 1 N–H and O–H groups in total. The summed E-state index contributed by atoms with van der Waals surface area (Å²) >= 11 is 0. The van der Waals surface area contributed by atoms with Gasteiger partial charge in [0.15, 0.2) is 0 Å². The Hall–Kier alpha value is -3.97. The fourth-order valence-corrected chi connectivity index (χ4v) is 8.63. The third-order valence-electron chi connectivity index (χ3n) is 9.67. The third-order valence-corrected chi connectivity index (χ3v) is 11.5. The van der Waals surface area contributed by atoms with Crippen LogP contribution in [0.3, 0.4) is 0 Å². The number of benzene rings is 2. The average molecular weight is 651 g/mol. The lowest BCUT2D eigenvalue weighted by molar-refractivity contribution is -0.137. The number of aromatic nitrogens is 4. The number of fused-ring (bicyclic) bond motifs is 4. The van der Waals surface area contributed by atoms with Crippen molar-refractivity contribution in [3.05, 3.63) is 76.5 Å². The fraction of sp³-hybridized carbons (Fsp3) is 0.455. The molecule has 0 spiro atoms. The Bertz CT molecular complexity index is 1910. The molecule has 3 aliphatic rings. The van der Waals surface area contributed by atoms with Crippen LogP contribution < -0.4 is 4.90 Å². The molecule has 0 bridgehead atoms. The lowest BCUT2D eigenvalue weighted by Crippen LogP contribution is -2.45. The Labute approximate surface area is 266 Å². The van der Waals surface area contributed by atoms with Crippen molar-refractivity contribution in [3.63, 3.8) is 0 Å². The van der Waals surface area contributed by atoms with Crippen LogP contribution >= 0.6 is 0 Å². The smallest absolute Gasteiger partial charge is 0.304 e. The van der Waals surface area contributed by atoms with Crippen LogP contribution in [-0.4, -0.2) is 62.9 Å². The van der Waals surface area contributed by atoms with Crippen molar-refractivity contribution in [3.8, 4) is 0 Å². The highest BCUT2D eigenvalue weighted by Crippen LogP contribution is 2.41. The summed E-state index contributed by atoms with van der Waals surface area (Å²) in [4.78, 5) is 18.9. The van der Waals surface area contributed by atoms with Gasteiger partial charge in [-0.3, -0.25) is 4.79 Å². The van der Waals surface area contributed by atoms with E-state index < -0.39 is 34.8 Å². The van der Waals surface area contributed by atoms with Crippen LogP contribution in [0.15, 0.2) is 53.6 Å². The van der Waals surface area contributed by atoms with Gasteiger partial charge in [0, 0.05) is 44.3 Å². The van der Waals surface area contributed by atoms with E-state index in [0.29, 0.717) is 34.9 Å². The maximum absolute atomic E-state index is 14.8. The molecule has 46 heavy (non-hydrogen) atoms. The standard InChI is InChI=1S/C33H36F2N6O4S/c1-20-7-10-22(15-23(20)18-39-19-24-5-2-3-14-40(24)33-28(46(39,44)45)6-4-13-36-33)26(16-29(42)43)25-11-12-27-31(30(25)32(34)35)37-38-41(27)17-21-8-9-21/h4,6-7,10-13,15,21,24,26,32H,2-3,5,8-9,14,16-19H2,1H3,(H,42,43)/t24-,26-/m0/s1. The number of carbonyl (C=O) groups is 1. The normalized spacial score (nSPS) is 20.3. The number of halogens is 2. The molecule has 4 aromatic rings. The van der Waals surface area contributed by atoms with Crippen molar-refractivity contribution in [2.24, 2.45) is 5.92 Å². The van der Waals surface area contributed by atoms with E-state index in [1.54, 1.807) is 53.3 Å². The van der Waals surface area contributed by atoms with E-state index in [2.05, 4.69) is 20.2 Å². The van der Waals surface area contributed by atoms with E-state index in [4.69, 9.17) is 0 Å². The first-order valence-electron chi connectivity index (χ1n) is 15.8. The Balaban J connectivity index is 1.28. The van der Waals surface area contributed by atoms with Crippen LogP contribution in [-0.2, 0) is 27.9 Å². The molecule has 1 aliphatic carbocycles. The van der Waals surface area contributed by atoms with Crippen molar-refractivity contribution >= 4 is 32.8 Å². The van der Waals surface area contributed by atoms with Gasteiger partial charge in [-0.2, -0.15) is 4.31 Å². The zero-order valence-corrected chi connectivity index (χ0v) is 26.3. The largest absolute Gasteiger partial charge is 0.481 e. The Morgan fingerprint density at radius 1 is 1.11 bits per heavy atom. The first-order valence-corrected chi connectivity index (χ1v) is 17.2. The SMILES string of the molecule is Cc1ccc([C@H](CC(=O)O)c2ccc3c(nnn3CC3CC3)c2C(F)F)cc1CN1C[C@@H]2CCCCN2c2ncccc2S1(=O)=O. The number of anilines is 1. The molecule has 0 amide bonds. The molecule has 1 saturated carbocycles. The molecule has 2 aromatic carbocycles. The molecule has 0 unspecified atom stereocenters. The maximum Gasteiger partial charge on any atom is 0.304 e. The molecule has 2 fully saturated rings. The molecule has 2 aliphatic heterocycles. The van der Waals surface area contributed by atoms with Crippen molar-refractivity contribution < 1.29 is 27.1 Å². The molecular formula is C33H36F2N6O4S. The Morgan fingerprint density at radius 3 is 2.70 bits per heavy atom. The predicted octanol–water partition coefficient (Wildman–Crippen LogP) is 5.65. The molecule has 242 valence electrons. The van der Waals surface area contributed by atoms with Crippen LogP contribution in [0.1, 0.15) is 78.7 Å². The minimum atomic E-state index is -3.92. The number of rotatable bonds is 9. The number of carboxylic acids is 1. The van der Waals surface area contributed by atoms with Crippen LogP contribution in [0.5, 0.6) is 0 Å². The minimum absolute atomic E-state index is 0.0309. The van der Waals surface area contributed by atoms with Gasteiger partial charge in [0.05, 0.1) is 17.5 Å². The topological polar surface area (TPSA) is 122 Å². The fourth-order valence-electron chi connectivity index (χ4n) is 7.03. The summed E-state index contributed by atoms with van der Waals surface area (Å²) in [5, 5.41) is 18.2. The van der Waals surface area contributed by atoms with Gasteiger partial charge in [0.25, 0.3) is 6.43 Å². The molecule has 13 heteroatoms. The van der Waals surface area contributed by atoms with Crippen LogP contribution in [0.2, 0.25) is 0 Å². The second-order valence-corrected chi connectivity index (χ2v) is 14.7. The van der Waals surface area contributed by atoms with Gasteiger partial charge >= 0.3 is 5.97 Å². The van der Waals surface area contributed by atoms with Crippen LogP contribution in [0.4, 0.5) is 14.6 Å². The molecule has 7 rings (SSSR count). The summed E-state index contributed by atoms with van der Waals surface area (Å²) < 4.78 is 60.8. The molecule has 10 nitrogen and oxygen atoms in total. The highest BCUT2D eigenvalue weighted by atomic mass is 32.2.